The van der Waals surface area contributed by atoms with Gasteiger partial charge in [0.25, 0.3) is 0 Å². The van der Waals surface area contributed by atoms with Gasteiger partial charge in [0, 0.05) is 25.9 Å². The molecule has 9 heteroatoms. The molecule has 8 nitrogen and oxygen atoms in total. The summed E-state index contributed by atoms with van der Waals surface area (Å²) >= 11 is 0. The largest absolute Gasteiger partial charge is 0.462 e. The number of rotatable bonds is 7. The van der Waals surface area contributed by atoms with E-state index in [0.717, 1.165) is 0 Å². The molecule has 0 aliphatic carbocycles. The van der Waals surface area contributed by atoms with Crippen LogP contribution >= 0.6 is 0 Å². The van der Waals surface area contributed by atoms with E-state index < -0.39 is 15.8 Å². The minimum absolute atomic E-state index is 0.00666. The average molecular weight is 396 g/mol. The molecule has 1 unspecified atom stereocenters. The molecule has 1 aromatic carbocycles. The molecule has 1 heterocycles. The number of amides is 2. The number of para-hydroxylation sites is 1. The molecule has 1 atom stereocenters. The zero-order chi connectivity index (χ0) is 20.0. The van der Waals surface area contributed by atoms with E-state index in [2.05, 4.69) is 5.32 Å². The van der Waals surface area contributed by atoms with Gasteiger partial charge in [0.15, 0.2) is 9.84 Å². The summed E-state index contributed by atoms with van der Waals surface area (Å²) in [4.78, 5) is 37.7. The Labute approximate surface area is 158 Å². The first-order valence-electron chi connectivity index (χ1n) is 8.77. The first kappa shape index (κ1) is 20.9. The van der Waals surface area contributed by atoms with E-state index in [4.69, 9.17) is 4.74 Å². The normalized spacial score (nSPS) is 17.9. The van der Waals surface area contributed by atoms with E-state index in [0.29, 0.717) is 12.1 Å². The summed E-state index contributed by atoms with van der Waals surface area (Å²) in [6.45, 7) is 3.32. The highest BCUT2D eigenvalue weighted by atomic mass is 32.2. The quantitative estimate of drug-likeness (QED) is 0.686. The van der Waals surface area contributed by atoms with Crippen LogP contribution in [0, 0.1) is 0 Å². The number of hydrogen-bond acceptors (Lipinski definition) is 6. The van der Waals surface area contributed by atoms with Crippen molar-refractivity contribution in [3.05, 3.63) is 29.8 Å². The number of benzene rings is 1. The lowest BCUT2D eigenvalue weighted by Crippen LogP contribution is -2.39. The van der Waals surface area contributed by atoms with Crippen LogP contribution in [0.3, 0.4) is 0 Å². The van der Waals surface area contributed by atoms with Gasteiger partial charge in [-0.2, -0.15) is 0 Å². The predicted octanol–water partition coefficient (Wildman–Crippen LogP) is 0.910. The molecular formula is C18H24N2O6S. The highest BCUT2D eigenvalue weighted by Gasteiger charge is 2.29. The maximum Gasteiger partial charge on any atom is 0.340 e. The number of esters is 1. The molecule has 1 aromatic rings. The molecule has 1 aliphatic heterocycles. The van der Waals surface area contributed by atoms with Crippen molar-refractivity contribution in [3.8, 4) is 0 Å². The van der Waals surface area contributed by atoms with Crippen molar-refractivity contribution < 1.29 is 27.5 Å². The van der Waals surface area contributed by atoms with Gasteiger partial charge in [-0.05, 0) is 25.5 Å². The van der Waals surface area contributed by atoms with Crippen LogP contribution in [0.4, 0.5) is 5.69 Å². The third-order valence-electron chi connectivity index (χ3n) is 4.23. The van der Waals surface area contributed by atoms with E-state index in [1.807, 2.05) is 0 Å². The summed E-state index contributed by atoms with van der Waals surface area (Å²) in [7, 11) is -3.08. The van der Waals surface area contributed by atoms with Gasteiger partial charge in [-0.15, -0.1) is 0 Å². The van der Waals surface area contributed by atoms with Crippen LogP contribution < -0.4 is 10.2 Å². The Morgan fingerprint density at radius 1 is 1.26 bits per heavy atom. The molecule has 0 radical (unpaired) electrons. The Morgan fingerprint density at radius 2 is 1.96 bits per heavy atom. The maximum atomic E-state index is 12.2. The number of ether oxygens (including phenoxy) is 1. The molecule has 1 saturated heterocycles. The van der Waals surface area contributed by atoms with Crippen LogP contribution in [-0.4, -0.2) is 56.9 Å². The molecule has 1 aliphatic rings. The van der Waals surface area contributed by atoms with Gasteiger partial charge in [-0.3, -0.25) is 9.59 Å². The van der Waals surface area contributed by atoms with E-state index in [-0.39, 0.29) is 54.5 Å². The highest BCUT2D eigenvalue weighted by Crippen LogP contribution is 2.22. The lowest BCUT2D eigenvalue weighted by atomic mass is 10.1. The summed E-state index contributed by atoms with van der Waals surface area (Å²) in [5.74, 6) is -1.18. The van der Waals surface area contributed by atoms with E-state index in [9.17, 15) is 22.8 Å². The standard InChI is InChI=1S/C18H24N2O6S/c1-3-26-18(23)15-6-4-5-7-16(15)20(13(2)21)10-8-17(22)19-14-9-11-27(24,25)12-14/h4-7,14H,3,8-12H2,1-2H3,(H,19,22). The minimum Gasteiger partial charge on any atom is -0.462 e. The van der Waals surface area contributed by atoms with Gasteiger partial charge >= 0.3 is 5.97 Å². The Bertz CT molecular complexity index is 821. The number of carbonyl (C=O) groups is 3. The molecule has 148 valence electrons. The number of nitrogens with one attached hydrogen (secondary N) is 1. The maximum absolute atomic E-state index is 12.2. The van der Waals surface area contributed by atoms with Crippen molar-refractivity contribution in [2.24, 2.45) is 0 Å². The minimum atomic E-state index is -3.08. The lowest BCUT2D eigenvalue weighted by Gasteiger charge is -2.23. The molecule has 2 rings (SSSR count). The third kappa shape index (κ3) is 5.78. The molecule has 1 fully saturated rings. The summed E-state index contributed by atoms with van der Waals surface area (Å²) in [6.07, 6.45) is 0.392. The van der Waals surface area contributed by atoms with E-state index >= 15 is 0 Å². The summed E-state index contributed by atoms with van der Waals surface area (Å²) in [6, 6.07) is 6.15. The second-order valence-electron chi connectivity index (χ2n) is 6.33. The SMILES string of the molecule is CCOC(=O)c1ccccc1N(CCC(=O)NC1CCS(=O)(=O)C1)C(C)=O. The monoisotopic (exact) mass is 396 g/mol. The van der Waals surface area contributed by atoms with Crippen molar-refractivity contribution in [3.63, 3.8) is 0 Å². The number of anilines is 1. The van der Waals surface area contributed by atoms with Gasteiger partial charge in [0.1, 0.15) is 0 Å². The Morgan fingerprint density at radius 3 is 2.56 bits per heavy atom. The predicted molar refractivity (Wildman–Crippen MR) is 100 cm³/mol. The zero-order valence-corrected chi connectivity index (χ0v) is 16.3. The van der Waals surface area contributed by atoms with Gasteiger partial charge in [0.05, 0.1) is 29.4 Å². The van der Waals surface area contributed by atoms with E-state index in [1.54, 1.807) is 31.2 Å². The summed E-state index contributed by atoms with van der Waals surface area (Å²) in [5, 5.41) is 2.69. The van der Waals surface area contributed by atoms with Crippen molar-refractivity contribution >= 4 is 33.3 Å². The molecule has 0 aromatic heterocycles. The second kappa shape index (κ2) is 8.98. The molecule has 1 N–H and O–H groups in total. The van der Waals surface area contributed by atoms with Crippen LogP contribution in [0.2, 0.25) is 0 Å². The molecule has 0 bridgehead atoms. The topological polar surface area (TPSA) is 110 Å². The number of sulfone groups is 1. The van der Waals surface area contributed by atoms with Crippen LogP contribution in [0.25, 0.3) is 0 Å². The van der Waals surface area contributed by atoms with E-state index in [1.165, 1.54) is 11.8 Å². The summed E-state index contributed by atoms with van der Waals surface area (Å²) < 4.78 is 28.0. The van der Waals surface area contributed by atoms with Gasteiger partial charge in [0.2, 0.25) is 11.8 Å². The second-order valence-corrected chi connectivity index (χ2v) is 8.55. The molecule has 2 amide bonds. The molecular weight excluding hydrogens is 372 g/mol. The number of hydrogen-bond donors (Lipinski definition) is 1. The Kier molecular flexibility index (Phi) is 6.95. The highest BCUT2D eigenvalue weighted by molar-refractivity contribution is 7.91. The van der Waals surface area contributed by atoms with Crippen molar-refractivity contribution in [1.29, 1.82) is 0 Å². The van der Waals surface area contributed by atoms with Crippen LogP contribution in [0.15, 0.2) is 24.3 Å². The smallest absolute Gasteiger partial charge is 0.340 e. The van der Waals surface area contributed by atoms with Gasteiger partial charge < -0.3 is 15.0 Å². The number of carbonyl (C=O) groups excluding carboxylic acids is 3. The van der Waals surface area contributed by atoms with Crippen LogP contribution in [0.1, 0.15) is 37.0 Å². The van der Waals surface area contributed by atoms with Crippen molar-refractivity contribution in [2.45, 2.75) is 32.7 Å². The Balaban J connectivity index is 2.05. The Hall–Kier alpha value is -2.42. The van der Waals surface area contributed by atoms with Gasteiger partial charge in [-0.25, -0.2) is 13.2 Å². The first-order chi connectivity index (χ1) is 12.7. The lowest BCUT2D eigenvalue weighted by molar-refractivity contribution is -0.121. The third-order valence-corrected chi connectivity index (χ3v) is 6.00. The molecule has 0 saturated carbocycles. The fourth-order valence-corrected chi connectivity index (χ4v) is 4.63. The number of nitrogens with zero attached hydrogens (tertiary/aromatic N) is 1. The fourth-order valence-electron chi connectivity index (χ4n) is 2.96. The first-order valence-corrected chi connectivity index (χ1v) is 10.6. The van der Waals surface area contributed by atoms with Crippen LogP contribution in [0.5, 0.6) is 0 Å². The van der Waals surface area contributed by atoms with Gasteiger partial charge in [-0.1, -0.05) is 12.1 Å². The average Bonchev–Trinajstić information content (AvgIpc) is 2.93. The van der Waals surface area contributed by atoms with Crippen molar-refractivity contribution in [2.75, 3.05) is 29.6 Å². The van der Waals surface area contributed by atoms with Crippen molar-refractivity contribution in [1.82, 2.24) is 5.32 Å². The van der Waals surface area contributed by atoms with Crippen LogP contribution in [-0.2, 0) is 24.2 Å². The zero-order valence-electron chi connectivity index (χ0n) is 15.4. The molecule has 27 heavy (non-hydrogen) atoms. The molecule has 0 spiro atoms. The summed E-state index contributed by atoms with van der Waals surface area (Å²) in [5.41, 5.74) is 0.622. The fraction of sp³-hybridized carbons (Fsp3) is 0.500.